The standard InChI is InChI=1S/C11H22N2O2/c1-11(2,12)7-10(14)13-8-9-3-5-15-6-4-9/h9H,3-8,12H2,1-2H3,(H,13,14). The lowest BCUT2D eigenvalue weighted by Gasteiger charge is -2.23. The maximum atomic E-state index is 11.5. The summed E-state index contributed by atoms with van der Waals surface area (Å²) in [5.74, 6) is 0.623. The van der Waals surface area contributed by atoms with Gasteiger partial charge in [0.2, 0.25) is 5.91 Å². The molecule has 1 aliphatic heterocycles. The highest BCUT2D eigenvalue weighted by molar-refractivity contribution is 5.77. The molecule has 1 fully saturated rings. The number of carbonyl (C=O) groups excluding carboxylic acids is 1. The lowest BCUT2D eigenvalue weighted by molar-refractivity contribution is -0.122. The zero-order valence-corrected chi connectivity index (χ0v) is 9.71. The Morgan fingerprint density at radius 2 is 2.07 bits per heavy atom. The van der Waals surface area contributed by atoms with Gasteiger partial charge in [0.15, 0.2) is 0 Å². The maximum absolute atomic E-state index is 11.5. The summed E-state index contributed by atoms with van der Waals surface area (Å²) in [7, 11) is 0. The number of rotatable bonds is 4. The maximum Gasteiger partial charge on any atom is 0.221 e. The van der Waals surface area contributed by atoms with E-state index in [9.17, 15) is 4.79 Å². The van der Waals surface area contributed by atoms with Gasteiger partial charge >= 0.3 is 0 Å². The molecule has 1 saturated heterocycles. The third-order valence-corrected chi connectivity index (χ3v) is 2.54. The minimum absolute atomic E-state index is 0.0500. The predicted octanol–water partition coefficient (Wildman–Crippen LogP) is 0.657. The van der Waals surface area contributed by atoms with Crippen molar-refractivity contribution in [2.45, 2.75) is 38.6 Å². The van der Waals surface area contributed by atoms with E-state index in [-0.39, 0.29) is 5.91 Å². The Bertz CT molecular complexity index is 205. The van der Waals surface area contributed by atoms with Crippen LogP contribution in [0.3, 0.4) is 0 Å². The molecule has 1 aliphatic rings. The number of hydrogen-bond acceptors (Lipinski definition) is 3. The molecule has 1 amide bonds. The molecule has 1 heterocycles. The molecule has 1 rings (SSSR count). The topological polar surface area (TPSA) is 64.4 Å². The van der Waals surface area contributed by atoms with E-state index in [1.54, 1.807) is 0 Å². The molecule has 0 bridgehead atoms. The summed E-state index contributed by atoms with van der Waals surface area (Å²) in [5.41, 5.74) is 5.35. The van der Waals surface area contributed by atoms with E-state index in [0.717, 1.165) is 32.6 Å². The number of nitrogens with one attached hydrogen (secondary N) is 1. The van der Waals surface area contributed by atoms with Gasteiger partial charge in [0, 0.05) is 31.7 Å². The molecule has 0 aromatic carbocycles. The summed E-state index contributed by atoms with van der Waals surface area (Å²) < 4.78 is 5.25. The fourth-order valence-electron chi connectivity index (χ4n) is 1.69. The average Bonchev–Trinajstić information content (AvgIpc) is 2.14. The van der Waals surface area contributed by atoms with E-state index in [4.69, 9.17) is 10.5 Å². The molecule has 3 N–H and O–H groups in total. The number of carbonyl (C=O) groups is 1. The van der Waals surface area contributed by atoms with Crippen LogP contribution in [0.4, 0.5) is 0 Å². The number of hydrogen-bond donors (Lipinski definition) is 2. The van der Waals surface area contributed by atoms with E-state index in [0.29, 0.717) is 12.3 Å². The second kappa shape index (κ2) is 5.47. The van der Waals surface area contributed by atoms with Crippen LogP contribution in [0.2, 0.25) is 0 Å². The molecule has 0 aromatic heterocycles. The normalized spacial score (nSPS) is 18.9. The molecular weight excluding hydrogens is 192 g/mol. The third-order valence-electron chi connectivity index (χ3n) is 2.54. The van der Waals surface area contributed by atoms with Crippen LogP contribution in [0, 0.1) is 5.92 Å². The van der Waals surface area contributed by atoms with Gasteiger partial charge in [-0.05, 0) is 32.6 Å². The Hall–Kier alpha value is -0.610. The SMILES string of the molecule is CC(C)(N)CC(=O)NCC1CCOCC1. The smallest absolute Gasteiger partial charge is 0.221 e. The molecule has 0 aliphatic carbocycles. The molecule has 15 heavy (non-hydrogen) atoms. The summed E-state index contributed by atoms with van der Waals surface area (Å²) >= 11 is 0. The van der Waals surface area contributed by atoms with Crippen LogP contribution < -0.4 is 11.1 Å². The molecule has 0 aromatic rings. The van der Waals surface area contributed by atoms with Gasteiger partial charge in [-0.1, -0.05) is 0 Å². The van der Waals surface area contributed by atoms with Crippen molar-refractivity contribution in [3.8, 4) is 0 Å². The first-order valence-corrected chi connectivity index (χ1v) is 5.61. The van der Waals surface area contributed by atoms with E-state index in [2.05, 4.69) is 5.32 Å². The van der Waals surface area contributed by atoms with E-state index >= 15 is 0 Å². The first-order valence-electron chi connectivity index (χ1n) is 5.61. The van der Waals surface area contributed by atoms with Crippen molar-refractivity contribution in [3.05, 3.63) is 0 Å². The van der Waals surface area contributed by atoms with Crippen LogP contribution in [0.5, 0.6) is 0 Å². The zero-order valence-electron chi connectivity index (χ0n) is 9.71. The molecule has 4 nitrogen and oxygen atoms in total. The fraction of sp³-hybridized carbons (Fsp3) is 0.909. The van der Waals surface area contributed by atoms with Gasteiger partial charge in [0.05, 0.1) is 0 Å². The predicted molar refractivity (Wildman–Crippen MR) is 59.4 cm³/mol. The highest BCUT2D eigenvalue weighted by atomic mass is 16.5. The van der Waals surface area contributed by atoms with Gasteiger partial charge in [-0.2, -0.15) is 0 Å². The van der Waals surface area contributed by atoms with Gasteiger partial charge < -0.3 is 15.8 Å². The Labute approximate surface area is 91.5 Å². The Morgan fingerprint density at radius 3 is 2.60 bits per heavy atom. The lowest BCUT2D eigenvalue weighted by atomic mass is 9.99. The summed E-state index contributed by atoms with van der Waals surface area (Å²) in [4.78, 5) is 11.5. The molecule has 0 atom stereocenters. The highest BCUT2D eigenvalue weighted by Crippen LogP contribution is 2.13. The van der Waals surface area contributed by atoms with Gasteiger partial charge in [-0.25, -0.2) is 0 Å². The van der Waals surface area contributed by atoms with Crippen LogP contribution in [-0.4, -0.2) is 31.2 Å². The molecular formula is C11H22N2O2. The van der Waals surface area contributed by atoms with Crippen LogP contribution in [0.1, 0.15) is 33.1 Å². The lowest BCUT2D eigenvalue weighted by Crippen LogP contribution is -2.40. The van der Waals surface area contributed by atoms with Crippen molar-refractivity contribution in [2.24, 2.45) is 11.7 Å². The zero-order chi connectivity index (χ0) is 11.3. The number of amides is 1. The average molecular weight is 214 g/mol. The second-order valence-electron chi connectivity index (χ2n) is 5.03. The molecule has 0 radical (unpaired) electrons. The molecule has 0 spiro atoms. The van der Waals surface area contributed by atoms with Crippen molar-refractivity contribution >= 4 is 5.91 Å². The third kappa shape index (κ3) is 5.74. The van der Waals surface area contributed by atoms with E-state index in [1.807, 2.05) is 13.8 Å². The summed E-state index contributed by atoms with van der Waals surface area (Å²) in [6.45, 7) is 6.13. The first-order chi connectivity index (χ1) is 6.97. The van der Waals surface area contributed by atoms with Crippen LogP contribution in [0.25, 0.3) is 0 Å². The van der Waals surface area contributed by atoms with Crippen molar-refractivity contribution in [3.63, 3.8) is 0 Å². The highest BCUT2D eigenvalue weighted by Gasteiger charge is 2.18. The molecule has 0 unspecified atom stereocenters. The monoisotopic (exact) mass is 214 g/mol. The van der Waals surface area contributed by atoms with Crippen LogP contribution in [0.15, 0.2) is 0 Å². The fourth-order valence-corrected chi connectivity index (χ4v) is 1.69. The van der Waals surface area contributed by atoms with Crippen molar-refractivity contribution < 1.29 is 9.53 Å². The number of ether oxygens (including phenoxy) is 1. The van der Waals surface area contributed by atoms with Crippen molar-refractivity contribution in [1.29, 1.82) is 0 Å². The van der Waals surface area contributed by atoms with Crippen LogP contribution >= 0.6 is 0 Å². The summed E-state index contributed by atoms with van der Waals surface area (Å²) in [5, 5.41) is 2.93. The first kappa shape index (κ1) is 12.5. The molecule has 4 heteroatoms. The van der Waals surface area contributed by atoms with Gasteiger partial charge in [-0.15, -0.1) is 0 Å². The molecule has 0 saturated carbocycles. The Kier molecular flexibility index (Phi) is 4.54. The largest absolute Gasteiger partial charge is 0.381 e. The van der Waals surface area contributed by atoms with Gasteiger partial charge in [-0.3, -0.25) is 4.79 Å². The minimum atomic E-state index is -0.417. The second-order valence-corrected chi connectivity index (χ2v) is 5.03. The molecule has 88 valence electrons. The number of nitrogens with two attached hydrogens (primary N) is 1. The van der Waals surface area contributed by atoms with Gasteiger partial charge in [0.25, 0.3) is 0 Å². The minimum Gasteiger partial charge on any atom is -0.381 e. The van der Waals surface area contributed by atoms with E-state index < -0.39 is 5.54 Å². The Morgan fingerprint density at radius 1 is 1.47 bits per heavy atom. The Balaban J connectivity index is 2.15. The van der Waals surface area contributed by atoms with Crippen molar-refractivity contribution in [2.75, 3.05) is 19.8 Å². The van der Waals surface area contributed by atoms with Crippen molar-refractivity contribution in [1.82, 2.24) is 5.32 Å². The van der Waals surface area contributed by atoms with Crippen LogP contribution in [-0.2, 0) is 9.53 Å². The van der Waals surface area contributed by atoms with Gasteiger partial charge in [0.1, 0.15) is 0 Å². The summed E-state index contributed by atoms with van der Waals surface area (Å²) in [6.07, 6.45) is 2.48. The van der Waals surface area contributed by atoms with E-state index in [1.165, 1.54) is 0 Å². The quantitative estimate of drug-likeness (QED) is 0.722. The summed E-state index contributed by atoms with van der Waals surface area (Å²) in [6, 6.07) is 0.